The Morgan fingerprint density at radius 2 is 2.29 bits per heavy atom. The molecule has 1 aromatic heterocycles. The predicted molar refractivity (Wildman–Crippen MR) is 61.2 cm³/mol. The van der Waals surface area contributed by atoms with E-state index in [1.54, 1.807) is 0 Å². The first kappa shape index (κ1) is 10.9. The maximum atomic E-state index is 4.26. The first-order valence-electron chi connectivity index (χ1n) is 5.03. The second-order valence-electron chi connectivity index (χ2n) is 3.42. The fraction of sp³-hybridized carbons (Fsp3) is 0.417. The van der Waals surface area contributed by atoms with Crippen LogP contribution in [-0.4, -0.2) is 18.6 Å². The summed E-state index contributed by atoms with van der Waals surface area (Å²) in [6, 6.07) is 4.14. The lowest BCUT2D eigenvalue weighted by molar-refractivity contribution is 0.851. The Morgan fingerprint density at radius 3 is 2.79 bits per heavy atom. The highest BCUT2D eigenvalue weighted by Gasteiger charge is 1.94. The van der Waals surface area contributed by atoms with Gasteiger partial charge in [0.1, 0.15) is 0 Å². The molecule has 0 bridgehead atoms. The van der Waals surface area contributed by atoms with Crippen LogP contribution < -0.4 is 5.32 Å². The van der Waals surface area contributed by atoms with Gasteiger partial charge in [-0.1, -0.05) is 24.6 Å². The molecule has 1 aromatic rings. The standard InChI is InChI=1S/C12H18N2/c1-4-11(8-13-3)7-12-6-5-10(2)14-9-12/h5-7,9,13H,4,8H2,1-3H3/b11-7-. The van der Waals surface area contributed by atoms with Gasteiger partial charge in [-0.25, -0.2) is 0 Å². The fourth-order valence-corrected chi connectivity index (χ4v) is 1.31. The molecule has 0 unspecified atom stereocenters. The minimum Gasteiger partial charge on any atom is -0.316 e. The van der Waals surface area contributed by atoms with Crippen LogP contribution in [0.5, 0.6) is 0 Å². The zero-order valence-electron chi connectivity index (χ0n) is 9.17. The van der Waals surface area contributed by atoms with Gasteiger partial charge < -0.3 is 5.32 Å². The van der Waals surface area contributed by atoms with Crippen molar-refractivity contribution in [3.63, 3.8) is 0 Å². The number of aromatic nitrogens is 1. The van der Waals surface area contributed by atoms with Gasteiger partial charge in [0.2, 0.25) is 0 Å². The summed E-state index contributed by atoms with van der Waals surface area (Å²) in [5.41, 5.74) is 3.65. The lowest BCUT2D eigenvalue weighted by Crippen LogP contribution is -2.09. The quantitative estimate of drug-likeness (QED) is 0.788. The second kappa shape index (κ2) is 5.55. The maximum Gasteiger partial charge on any atom is 0.0373 e. The summed E-state index contributed by atoms with van der Waals surface area (Å²) in [5.74, 6) is 0. The number of nitrogens with zero attached hydrogens (tertiary/aromatic N) is 1. The van der Waals surface area contributed by atoms with Gasteiger partial charge in [-0.05, 0) is 32.0 Å². The molecule has 0 aliphatic heterocycles. The number of pyridine rings is 1. The van der Waals surface area contributed by atoms with Crippen LogP contribution >= 0.6 is 0 Å². The molecule has 1 rings (SSSR count). The smallest absolute Gasteiger partial charge is 0.0373 e. The normalized spacial score (nSPS) is 11.8. The molecule has 0 amide bonds. The molecule has 76 valence electrons. The van der Waals surface area contributed by atoms with Gasteiger partial charge in [0, 0.05) is 18.4 Å². The van der Waals surface area contributed by atoms with Crippen molar-refractivity contribution in [2.75, 3.05) is 13.6 Å². The number of rotatable bonds is 4. The largest absolute Gasteiger partial charge is 0.316 e. The fourth-order valence-electron chi connectivity index (χ4n) is 1.31. The molecule has 0 aliphatic rings. The van der Waals surface area contributed by atoms with Gasteiger partial charge in [0.15, 0.2) is 0 Å². The third-order valence-electron chi connectivity index (χ3n) is 2.16. The summed E-state index contributed by atoms with van der Waals surface area (Å²) in [7, 11) is 1.97. The predicted octanol–water partition coefficient (Wildman–Crippen LogP) is 2.40. The molecular weight excluding hydrogens is 172 g/mol. The van der Waals surface area contributed by atoms with Crippen LogP contribution in [0.2, 0.25) is 0 Å². The summed E-state index contributed by atoms with van der Waals surface area (Å²) in [4.78, 5) is 4.26. The van der Waals surface area contributed by atoms with Crippen molar-refractivity contribution in [2.24, 2.45) is 0 Å². The van der Waals surface area contributed by atoms with Crippen LogP contribution in [0.25, 0.3) is 6.08 Å². The minimum atomic E-state index is 0.949. The van der Waals surface area contributed by atoms with E-state index >= 15 is 0 Å². The van der Waals surface area contributed by atoms with Crippen LogP contribution in [0, 0.1) is 6.92 Å². The van der Waals surface area contributed by atoms with Crippen LogP contribution in [0.1, 0.15) is 24.6 Å². The van der Waals surface area contributed by atoms with E-state index in [-0.39, 0.29) is 0 Å². The van der Waals surface area contributed by atoms with E-state index in [9.17, 15) is 0 Å². The molecule has 1 N–H and O–H groups in total. The van der Waals surface area contributed by atoms with E-state index in [1.807, 2.05) is 26.2 Å². The van der Waals surface area contributed by atoms with E-state index in [4.69, 9.17) is 0 Å². The van der Waals surface area contributed by atoms with Crippen molar-refractivity contribution in [3.8, 4) is 0 Å². The molecule has 1 heterocycles. The molecule has 0 atom stereocenters. The summed E-state index contributed by atoms with van der Waals surface area (Å²) in [5, 5.41) is 3.16. The molecule has 2 heteroatoms. The lowest BCUT2D eigenvalue weighted by atomic mass is 10.1. The van der Waals surface area contributed by atoms with Crippen molar-refractivity contribution < 1.29 is 0 Å². The van der Waals surface area contributed by atoms with Crippen LogP contribution in [0.15, 0.2) is 23.9 Å². The molecule has 0 radical (unpaired) electrons. The zero-order valence-corrected chi connectivity index (χ0v) is 9.17. The van der Waals surface area contributed by atoms with E-state index in [2.05, 4.69) is 29.4 Å². The third kappa shape index (κ3) is 3.30. The van der Waals surface area contributed by atoms with Crippen molar-refractivity contribution in [3.05, 3.63) is 35.2 Å². The number of hydrogen-bond acceptors (Lipinski definition) is 2. The summed E-state index contributed by atoms with van der Waals surface area (Å²) < 4.78 is 0. The van der Waals surface area contributed by atoms with Crippen LogP contribution in [0.3, 0.4) is 0 Å². The Morgan fingerprint density at radius 1 is 1.50 bits per heavy atom. The van der Waals surface area contributed by atoms with Gasteiger partial charge in [0.05, 0.1) is 0 Å². The Bertz CT molecular complexity index is 299. The van der Waals surface area contributed by atoms with Crippen molar-refractivity contribution >= 4 is 6.08 Å². The molecule has 0 aliphatic carbocycles. The summed E-state index contributed by atoms with van der Waals surface area (Å²) in [6.07, 6.45) is 5.19. The first-order valence-corrected chi connectivity index (χ1v) is 5.03. The second-order valence-corrected chi connectivity index (χ2v) is 3.42. The Balaban J connectivity index is 2.78. The molecule has 0 fully saturated rings. The molecule has 2 nitrogen and oxygen atoms in total. The Hall–Kier alpha value is -1.15. The maximum absolute atomic E-state index is 4.26. The van der Waals surface area contributed by atoms with E-state index in [1.165, 1.54) is 11.1 Å². The Labute approximate surface area is 86.1 Å². The van der Waals surface area contributed by atoms with Crippen molar-refractivity contribution in [1.29, 1.82) is 0 Å². The van der Waals surface area contributed by atoms with E-state index < -0.39 is 0 Å². The summed E-state index contributed by atoms with van der Waals surface area (Å²) >= 11 is 0. The van der Waals surface area contributed by atoms with E-state index in [0.29, 0.717) is 0 Å². The van der Waals surface area contributed by atoms with Crippen LogP contribution in [-0.2, 0) is 0 Å². The molecule has 0 saturated carbocycles. The zero-order chi connectivity index (χ0) is 10.4. The summed E-state index contributed by atoms with van der Waals surface area (Å²) in [6.45, 7) is 5.12. The highest BCUT2D eigenvalue weighted by molar-refractivity contribution is 5.52. The SMILES string of the molecule is CC/C(=C/c1ccc(C)nc1)CNC. The number of nitrogens with one attached hydrogen (secondary N) is 1. The highest BCUT2D eigenvalue weighted by Crippen LogP contribution is 2.08. The van der Waals surface area contributed by atoms with E-state index in [0.717, 1.165) is 18.7 Å². The molecular formula is C12H18N2. The average Bonchev–Trinajstić information content (AvgIpc) is 2.20. The Kier molecular flexibility index (Phi) is 4.33. The molecule has 0 aromatic carbocycles. The van der Waals surface area contributed by atoms with Gasteiger partial charge in [0.25, 0.3) is 0 Å². The van der Waals surface area contributed by atoms with Gasteiger partial charge in [-0.3, -0.25) is 4.98 Å². The molecule has 0 spiro atoms. The molecule has 0 saturated heterocycles. The van der Waals surface area contributed by atoms with Crippen LogP contribution in [0.4, 0.5) is 0 Å². The van der Waals surface area contributed by atoms with Gasteiger partial charge in [-0.2, -0.15) is 0 Å². The lowest BCUT2D eigenvalue weighted by Gasteiger charge is -2.03. The number of hydrogen-bond donors (Lipinski definition) is 1. The van der Waals surface area contributed by atoms with Gasteiger partial charge in [-0.15, -0.1) is 0 Å². The van der Waals surface area contributed by atoms with Crippen molar-refractivity contribution in [1.82, 2.24) is 10.3 Å². The number of likely N-dealkylation sites (N-methyl/N-ethyl adjacent to an activating group) is 1. The van der Waals surface area contributed by atoms with Gasteiger partial charge >= 0.3 is 0 Å². The minimum absolute atomic E-state index is 0.949. The highest BCUT2D eigenvalue weighted by atomic mass is 14.8. The monoisotopic (exact) mass is 190 g/mol. The molecule has 14 heavy (non-hydrogen) atoms. The average molecular weight is 190 g/mol. The topological polar surface area (TPSA) is 24.9 Å². The third-order valence-corrected chi connectivity index (χ3v) is 2.16. The number of aryl methyl sites for hydroxylation is 1. The van der Waals surface area contributed by atoms with Crippen molar-refractivity contribution in [2.45, 2.75) is 20.3 Å². The first-order chi connectivity index (χ1) is 6.76.